The Labute approximate surface area is 186 Å². The number of ether oxygens (including phenoxy) is 1. The van der Waals surface area contributed by atoms with Crippen LogP contribution in [0.2, 0.25) is 0 Å². The molecule has 178 valence electrons. The number of β-amino-alcohol motifs (C(OH)–C–C–N with tert-alkyl or cyclic N) is 1. The predicted molar refractivity (Wildman–Crippen MR) is 110 cm³/mol. The number of halogens is 3. The number of carbonyl (C=O) groups is 1. The molecule has 1 amide bonds. The van der Waals surface area contributed by atoms with Crippen molar-refractivity contribution in [2.75, 3.05) is 18.4 Å². The molecule has 13 heteroatoms. The van der Waals surface area contributed by atoms with E-state index in [2.05, 4.69) is 15.3 Å². The van der Waals surface area contributed by atoms with Gasteiger partial charge in [0, 0.05) is 19.0 Å². The number of hydrogen-bond donors (Lipinski definition) is 2. The minimum Gasteiger partial charge on any atom is -0.444 e. The van der Waals surface area contributed by atoms with Gasteiger partial charge in [0.05, 0.1) is 29.0 Å². The third kappa shape index (κ3) is 5.66. The summed E-state index contributed by atoms with van der Waals surface area (Å²) in [6, 6.07) is 4.05. The van der Waals surface area contributed by atoms with Crippen LogP contribution in [0, 0.1) is 10.1 Å². The molecular weight excluding hydrogens is 447 g/mol. The van der Waals surface area contributed by atoms with Crippen LogP contribution in [-0.2, 0) is 16.5 Å². The summed E-state index contributed by atoms with van der Waals surface area (Å²) in [6.07, 6.45) is -3.94. The SMILES string of the molecule is CC(C)(C)OC(=O)N1CCC(O)(c2ccc(Nc3nc(C(F)(F)F)ccc3[N+](=O)[O-])cn2)C1. The summed E-state index contributed by atoms with van der Waals surface area (Å²) in [4.78, 5) is 31.4. The Morgan fingerprint density at radius 2 is 1.97 bits per heavy atom. The van der Waals surface area contributed by atoms with Crippen molar-refractivity contribution >= 4 is 23.3 Å². The molecule has 1 fully saturated rings. The summed E-state index contributed by atoms with van der Waals surface area (Å²) >= 11 is 0. The predicted octanol–water partition coefficient (Wildman–Crippen LogP) is 3.98. The molecule has 0 saturated carbocycles. The van der Waals surface area contributed by atoms with Crippen molar-refractivity contribution in [3.05, 3.63) is 52.0 Å². The van der Waals surface area contributed by atoms with Crippen molar-refractivity contribution in [3.63, 3.8) is 0 Å². The van der Waals surface area contributed by atoms with Gasteiger partial charge in [-0.25, -0.2) is 9.78 Å². The van der Waals surface area contributed by atoms with Gasteiger partial charge in [-0.1, -0.05) is 0 Å². The van der Waals surface area contributed by atoms with E-state index in [4.69, 9.17) is 4.74 Å². The average Bonchev–Trinajstić information content (AvgIpc) is 3.10. The van der Waals surface area contributed by atoms with Gasteiger partial charge in [0.1, 0.15) is 16.9 Å². The highest BCUT2D eigenvalue weighted by Crippen LogP contribution is 2.34. The first-order valence-electron chi connectivity index (χ1n) is 9.84. The molecule has 3 rings (SSSR count). The zero-order valence-corrected chi connectivity index (χ0v) is 18.0. The van der Waals surface area contributed by atoms with Crippen LogP contribution in [0.25, 0.3) is 0 Å². The zero-order valence-electron chi connectivity index (χ0n) is 18.0. The first kappa shape index (κ1) is 24.2. The molecule has 0 radical (unpaired) electrons. The summed E-state index contributed by atoms with van der Waals surface area (Å²) in [5.74, 6) is -0.597. The van der Waals surface area contributed by atoms with Gasteiger partial charge in [0.25, 0.3) is 0 Å². The van der Waals surface area contributed by atoms with Crippen molar-refractivity contribution < 1.29 is 32.7 Å². The molecule has 0 spiro atoms. The van der Waals surface area contributed by atoms with Gasteiger partial charge in [0.2, 0.25) is 5.82 Å². The topological polar surface area (TPSA) is 131 Å². The molecule has 1 aliphatic rings. The first-order chi connectivity index (χ1) is 15.2. The van der Waals surface area contributed by atoms with E-state index in [1.54, 1.807) is 20.8 Å². The number of amides is 1. The van der Waals surface area contributed by atoms with Crippen LogP contribution < -0.4 is 5.32 Å². The van der Waals surface area contributed by atoms with Crippen LogP contribution in [-0.4, -0.2) is 49.7 Å². The quantitative estimate of drug-likeness (QED) is 0.508. The summed E-state index contributed by atoms with van der Waals surface area (Å²) in [5.41, 5.74) is -3.72. The van der Waals surface area contributed by atoms with Crippen molar-refractivity contribution in [3.8, 4) is 0 Å². The summed E-state index contributed by atoms with van der Waals surface area (Å²) < 4.78 is 44.2. The molecule has 0 bridgehead atoms. The monoisotopic (exact) mass is 469 g/mol. The van der Waals surface area contributed by atoms with Gasteiger partial charge in [-0.2, -0.15) is 13.2 Å². The van der Waals surface area contributed by atoms with Crippen molar-refractivity contribution in [2.24, 2.45) is 0 Å². The van der Waals surface area contributed by atoms with Gasteiger partial charge in [0.15, 0.2) is 0 Å². The van der Waals surface area contributed by atoms with E-state index in [0.29, 0.717) is 12.1 Å². The van der Waals surface area contributed by atoms with Gasteiger partial charge in [-0.05, 0) is 39.0 Å². The molecule has 2 N–H and O–H groups in total. The number of likely N-dealkylation sites (tertiary alicyclic amines) is 1. The lowest BCUT2D eigenvalue weighted by Gasteiger charge is -2.26. The second-order valence-electron chi connectivity index (χ2n) is 8.56. The third-order valence-corrected chi connectivity index (χ3v) is 4.76. The Hall–Kier alpha value is -3.48. The van der Waals surface area contributed by atoms with Gasteiger partial charge in [-0.3, -0.25) is 15.1 Å². The molecule has 3 heterocycles. The number of nitrogens with zero attached hydrogens (tertiary/aromatic N) is 4. The Balaban J connectivity index is 1.77. The molecule has 2 aromatic heterocycles. The highest BCUT2D eigenvalue weighted by molar-refractivity contribution is 5.69. The smallest absolute Gasteiger partial charge is 0.433 e. The number of hydrogen-bond acceptors (Lipinski definition) is 8. The normalized spacial score (nSPS) is 18.8. The fraction of sp³-hybridized carbons (Fsp3) is 0.450. The molecule has 1 saturated heterocycles. The standard InChI is InChI=1S/C20H22F3N5O5/c1-18(2,3)33-17(29)27-9-8-19(30,11-27)14-6-4-12(10-24-14)25-16-13(28(31)32)5-7-15(26-16)20(21,22)23/h4-7,10,30H,8-9,11H2,1-3H3,(H,25,26). The first-order valence-corrected chi connectivity index (χ1v) is 9.84. The minimum atomic E-state index is -4.78. The maximum atomic E-state index is 12.9. The number of alkyl halides is 3. The second kappa shape index (κ2) is 8.46. The largest absolute Gasteiger partial charge is 0.444 e. The van der Waals surface area contributed by atoms with E-state index in [0.717, 1.165) is 0 Å². The van der Waals surface area contributed by atoms with E-state index >= 15 is 0 Å². The summed E-state index contributed by atoms with van der Waals surface area (Å²) in [5, 5.41) is 24.6. The fourth-order valence-corrected chi connectivity index (χ4v) is 3.21. The number of pyridine rings is 2. The molecule has 0 aromatic carbocycles. The van der Waals surface area contributed by atoms with Crippen molar-refractivity contribution in [2.45, 2.75) is 44.6 Å². The number of nitro groups is 1. The zero-order chi connectivity index (χ0) is 24.6. The van der Waals surface area contributed by atoms with Gasteiger partial charge in [-0.15, -0.1) is 0 Å². The van der Waals surface area contributed by atoms with Gasteiger partial charge < -0.3 is 20.1 Å². The van der Waals surface area contributed by atoms with Crippen LogP contribution in [0.5, 0.6) is 0 Å². The average molecular weight is 469 g/mol. The van der Waals surface area contributed by atoms with Crippen LogP contribution in [0.1, 0.15) is 38.6 Å². The molecule has 1 atom stereocenters. The lowest BCUT2D eigenvalue weighted by atomic mass is 9.98. The van der Waals surface area contributed by atoms with Crippen molar-refractivity contribution in [1.29, 1.82) is 0 Å². The molecule has 0 aliphatic carbocycles. The molecule has 1 aliphatic heterocycles. The summed E-state index contributed by atoms with van der Waals surface area (Å²) in [7, 11) is 0. The molecular formula is C20H22F3N5O5. The highest BCUT2D eigenvalue weighted by Gasteiger charge is 2.42. The molecule has 33 heavy (non-hydrogen) atoms. The number of nitrogens with one attached hydrogen (secondary N) is 1. The maximum Gasteiger partial charge on any atom is 0.433 e. The number of carbonyl (C=O) groups excluding carboxylic acids is 1. The van der Waals surface area contributed by atoms with E-state index in [1.165, 1.54) is 23.2 Å². The number of aromatic nitrogens is 2. The molecule has 1 unspecified atom stereocenters. The van der Waals surface area contributed by atoms with Crippen LogP contribution in [0.3, 0.4) is 0 Å². The van der Waals surface area contributed by atoms with Crippen LogP contribution in [0.15, 0.2) is 30.5 Å². The Bertz CT molecular complexity index is 1060. The summed E-state index contributed by atoms with van der Waals surface area (Å²) in [6.45, 7) is 5.37. The Morgan fingerprint density at radius 1 is 1.27 bits per heavy atom. The molecule has 10 nitrogen and oxygen atoms in total. The number of rotatable bonds is 4. The maximum absolute atomic E-state index is 12.9. The van der Waals surface area contributed by atoms with Crippen molar-refractivity contribution in [1.82, 2.24) is 14.9 Å². The van der Waals surface area contributed by atoms with E-state index in [9.17, 15) is 33.2 Å². The van der Waals surface area contributed by atoms with E-state index < -0.39 is 45.6 Å². The van der Waals surface area contributed by atoms with E-state index in [1.807, 2.05) is 0 Å². The third-order valence-electron chi connectivity index (χ3n) is 4.76. The Kier molecular flexibility index (Phi) is 6.20. The molecule has 2 aromatic rings. The number of anilines is 2. The Morgan fingerprint density at radius 3 is 2.52 bits per heavy atom. The van der Waals surface area contributed by atoms with E-state index in [-0.39, 0.29) is 30.9 Å². The number of aliphatic hydroxyl groups is 1. The highest BCUT2D eigenvalue weighted by atomic mass is 19.4. The lowest BCUT2D eigenvalue weighted by molar-refractivity contribution is -0.384. The van der Waals surface area contributed by atoms with Crippen LogP contribution >= 0.6 is 0 Å². The second-order valence-corrected chi connectivity index (χ2v) is 8.56. The fourth-order valence-electron chi connectivity index (χ4n) is 3.21. The van der Waals surface area contributed by atoms with Gasteiger partial charge >= 0.3 is 18.0 Å². The minimum absolute atomic E-state index is 0.0532. The van der Waals surface area contributed by atoms with Crippen LogP contribution in [0.4, 0.5) is 35.2 Å². The lowest BCUT2D eigenvalue weighted by Crippen LogP contribution is -2.38.